The first-order valence-corrected chi connectivity index (χ1v) is 31.1. The fourth-order valence-corrected chi connectivity index (χ4v) is 10.0. The second kappa shape index (κ2) is 58.4. The minimum absolute atomic E-state index is 0.0106. The molecule has 0 bridgehead atoms. The number of aliphatic hydroxyl groups is 3. The largest absolute Gasteiger partial charge is 0.394 e. The molecule has 4 N–H and O–H groups in total. The highest BCUT2D eigenvalue weighted by atomic mass is 16.3. The Morgan fingerprint density at radius 3 is 0.941 bits per heavy atom. The Balaban J connectivity index is 3.50. The van der Waals surface area contributed by atoms with Crippen molar-refractivity contribution in [1.29, 1.82) is 0 Å². The van der Waals surface area contributed by atoms with E-state index in [2.05, 4.69) is 31.3 Å². The lowest BCUT2D eigenvalue weighted by Crippen LogP contribution is -2.45. The number of hydrogen-bond acceptors (Lipinski definition) is 4. The van der Waals surface area contributed by atoms with Crippen LogP contribution in [-0.2, 0) is 4.79 Å². The maximum atomic E-state index is 12.5. The number of carbonyl (C=O) groups excluding carboxylic acids is 1. The van der Waals surface area contributed by atoms with Crippen molar-refractivity contribution in [3.63, 3.8) is 0 Å². The molecule has 0 aromatic carbocycles. The zero-order chi connectivity index (χ0) is 49.3. The maximum Gasteiger partial charge on any atom is 0.222 e. The summed E-state index contributed by atoms with van der Waals surface area (Å²) in [6.07, 6.45) is 75.5. The topological polar surface area (TPSA) is 89.8 Å². The quantitative estimate of drug-likeness (QED) is 0.0361. The first-order valence-electron chi connectivity index (χ1n) is 31.1. The smallest absolute Gasteiger partial charge is 0.222 e. The molecule has 0 aromatic heterocycles. The summed E-state index contributed by atoms with van der Waals surface area (Å²) in [4.78, 5) is 12.5. The van der Waals surface area contributed by atoms with Crippen LogP contribution < -0.4 is 5.32 Å². The second-order valence-electron chi connectivity index (χ2n) is 21.7. The lowest BCUT2D eigenvalue weighted by Gasteiger charge is -2.21. The van der Waals surface area contributed by atoms with Gasteiger partial charge in [-0.05, 0) is 32.1 Å². The van der Waals surface area contributed by atoms with Gasteiger partial charge in [0.2, 0.25) is 5.91 Å². The van der Waals surface area contributed by atoms with Gasteiger partial charge in [0.15, 0.2) is 0 Å². The predicted octanol–water partition coefficient (Wildman–Crippen LogP) is 19.6. The van der Waals surface area contributed by atoms with Gasteiger partial charge >= 0.3 is 0 Å². The monoisotopic (exact) mass is 958 g/mol. The average Bonchev–Trinajstić information content (AvgIpc) is 3.33. The molecule has 0 fully saturated rings. The van der Waals surface area contributed by atoms with Gasteiger partial charge in [-0.2, -0.15) is 0 Å². The molecule has 0 saturated heterocycles. The molecule has 3 unspecified atom stereocenters. The minimum atomic E-state index is -0.950. The molecule has 404 valence electrons. The zero-order valence-electron chi connectivity index (χ0n) is 46.3. The van der Waals surface area contributed by atoms with Crippen LogP contribution in [0.25, 0.3) is 0 Å². The lowest BCUT2D eigenvalue weighted by molar-refractivity contribution is -0.124. The summed E-state index contributed by atoms with van der Waals surface area (Å²) in [6.45, 7) is 4.25. The first-order chi connectivity index (χ1) is 33.5. The highest BCUT2D eigenvalue weighted by molar-refractivity contribution is 5.76. The van der Waals surface area contributed by atoms with E-state index in [1.54, 1.807) is 6.08 Å². The Morgan fingerprint density at radius 2 is 0.632 bits per heavy atom. The van der Waals surface area contributed by atoms with Crippen molar-refractivity contribution in [3.05, 3.63) is 24.3 Å². The Morgan fingerprint density at radius 1 is 0.368 bits per heavy atom. The van der Waals surface area contributed by atoms with Crippen LogP contribution in [0.15, 0.2) is 24.3 Å². The Hall–Kier alpha value is -1.17. The van der Waals surface area contributed by atoms with Crippen LogP contribution in [0.5, 0.6) is 0 Å². The summed E-state index contributed by atoms with van der Waals surface area (Å²) >= 11 is 0. The van der Waals surface area contributed by atoms with Crippen molar-refractivity contribution >= 4 is 5.91 Å². The van der Waals surface area contributed by atoms with E-state index in [0.717, 1.165) is 32.1 Å². The highest BCUT2D eigenvalue weighted by Crippen LogP contribution is 2.19. The maximum absolute atomic E-state index is 12.5. The van der Waals surface area contributed by atoms with E-state index in [-0.39, 0.29) is 18.9 Å². The summed E-state index contributed by atoms with van der Waals surface area (Å²) in [5.41, 5.74) is 0. The lowest BCUT2D eigenvalue weighted by atomic mass is 10.0. The van der Waals surface area contributed by atoms with E-state index in [0.29, 0.717) is 6.42 Å². The summed E-state index contributed by atoms with van der Waals surface area (Å²) in [5.74, 6) is -0.318. The summed E-state index contributed by atoms with van der Waals surface area (Å²) < 4.78 is 0. The first kappa shape index (κ1) is 66.8. The van der Waals surface area contributed by atoms with Crippen molar-refractivity contribution in [2.24, 2.45) is 0 Å². The number of unbranched alkanes of at least 4 members (excludes halogenated alkanes) is 47. The zero-order valence-corrected chi connectivity index (χ0v) is 46.3. The molecule has 1 amide bonds. The molecular weight excluding hydrogens is 835 g/mol. The fourth-order valence-electron chi connectivity index (χ4n) is 10.0. The van der Waals surface area contributed by atoms with Gasteiger partial charge in [-0.15, -0.1) is 0 Å². The SMILES string of the molecule is CCCCCCCCCCCCCCCC/C=C/CC/C=C/C(O)C(CO)NC(=O)CC(O)CCCCCCCCCCCCCCCCCCCCCCCCCCCCCCCCCCC. The van der Waals surface area contributed by atoms with Crippen molar-refractivity contribution < 1.29 is 20.1 Å². The molecule has 68 heavy (non-hydrogen) atoms. The number of allylic oxidation sites excluding steroid dienone is 3. The van der Waals surface area contributed by atoms with E-state index in [9.17, 15) is 20.1 Å². The third-order valence-corrected chi connectivity index (χ3v) is 14.7. The second-order valence-corrected chi connectivity index (χ2v) is 21.7. The predicted molar refractivity (Wildman–Crippen MR) is 301 cm³/mol. The van der Waals surface area contributed by atoms with Crippen LogP contribution in [0.2, 0.25) is 0 Å². The average molecular weight is 959 g/mol. The molecule has 0 aromatic rings. The van der Waals surface area contributed by atoms with Gasteiger partial charge in [0.1, 0.15) is 0 Å². The van der Waals surface area contributed by atoms with Crippen molar-refractivity contribution in [3.8, 4) is 0 Å². The minimum Gasteiger partial charge on any atom is -0.394 e. The number of amides is 1. The van der Waals surface area contributed by atoms with E-state index in [1.165, 1.54) is 289 Å². The Bertz CT molecular complexity index is 1010. The number of carbonyl (C=O) groups is 1. The third-order valence-electron chi connectivity index (χ3n) is 14.7. The number of nitrogens with one attached hydrogen (secondary N) is 1. The number of aliphatic hydroxyl groups excluding tert-OH is 3. The van der Waals surface area contributed by atoms with Gasteiger partial charge in [-0.1, -0.05) is 334 Å². The highest BCUT2D eigenvalue weighted by Gasteiger charge is 2.20. The van der Waals surface area contributed by atoms with Gasteiger partial charge < -0.3 is 20.6 Å². The molecule has 0 radical (unpaired) electrons. The molecule has 3 atom stereocenters. The van der Waals surface area contributed by atoms with Crippen LogP contribution in [0.1, 0.15) is 348 Å². The van der Waals surface area contributed by atoms with Gasteiger partial charge in [-0.25, -0.2) is 0 Å². The van der Waals surface area contributed by atoms with E-state index in [4.69, 9.17) is 0 Å². The molecular formula is C63H123NO4. The number of hydrogen-bond donors (Lipinski definition) is 4. The fraction of sp³-hybridized carbons (Fsp3) is 0.921. The summed E-state index contributed by atoms with van der Waals surface area (Å²) in [7, 11) is 0. The van der Waals surface area contributed by atoms with Crippen molar-refractivity contribution in [1.82, 2.24) is 5.32 Å². The van der Waals surface area contributed by atoms with Gasteiger partial charge in [0, 0.05) is 0 Å². The Labute approximate surface area is 426 Å². The van der Waals surface area contributed by atoms with Gasteiger partial charge in [-0.3, -0.25) is 4.79 Å². The van der Waals surface area contributed by atoms with Gasteiger partial charge in [0.25, 0.3) is 0 Å². The Kier molecular flexibility index (Phi) is 57.4. The summed E-state index contributed by atoms with van der Waals surface area (Å²) in [6, 6.07) is -0.759. The molecule has 0 aliphatic rings. The van der Waals surface area contributed by atoms with Crippen molar-refractivity contribution in [2.75, 3.05) is 6.61 Å². The molecule has 0 aliphatic heterocycles. The van der Waals surface area contributed by atoms with E-state index >= 15 is 0 Å². The van der Waals surface area contributed by atoms with Crippen LogP contribution in [0, 0.1) is 0 Å². The van der Waals surface area contributed by atoms with Crippen LogP contribution >= 0.6 is 0 Å². The van der Waals surface area contributed by atoms with Crippen LogP contribution in [0.3, 0.4) is 0 Å². The van der Waals surface area contributed by atoms with Crippen LogP contribution in [-0.4, -0.2) is 46.1 Å². The van der Waals surface area contributed by atoms with E-state index < -0.39 is 18.2 Å². The molecule has 0 heterocycles. The molecule has 0 rings (SSSR count). The molecule has 0 saturated carbocycles. The molecule has 0 aliphatic carbocycles. The normalized spacial score (nSPS) is 13.3. The van der Waals surface area contributed by atoms with Crippen LogP contribution in [0.4, 0.5) is 0 Å². The van der Waals surface area contributed by atoms with Crippen molar-refractivity contribution in [2.45, 2.75) is 366 Å². The number of rotatable bonds is 58. The van der Waals surface area contributed by atoms with E-state index in [1.807, 2.05) is 6.08 Å². The standard InChI is InChI=1S/C63H123NO4/c1-3-5-7-9-11-13-15-17-19-21-23-25-26-27-28-29-30-31-32-33-34-35-36-37-38-40-42-44-46-48-50-52-54-56-60(66)58-63(68)64-61(59-65)62(67)57-55-53-51-49-47-45-43-41-39-24-22-20-18-16-14-12-10-8-6-4-2/h47,49,55,57,60-62,65-67H,3-46,48,50-54,56,58-59H2,1-2H3,(H,64,68)/b49-47+,57-55+. The molecule has 0 spiro atoms. The molecule has 5 heteroatoms. The third kappa shape index (κ3) is 54.2. The molecule has 5 nitrogen and oxygen atoms in total. The summed E-state index contributed by atoms with van der Waals surface area (Å²) in [5, 5.41) is 33.5. The van der Waals surface area contributed by atoms with Gasteiger partial charge in [0.05, 0.1) is 31.3 Å².